The molecular weight excluding hydrogens is 384 g/mol. The highest BCUT2D eigenvalue weighted by Crippen LogP contribution is 2.22. The number of hydrogen-bond donors (Lipinski definition) is 2. The van der Waals surface area contributed by atoms with Crippen molar-refractivity contribution in [1.82, 2.24) is 20.4 Å². The van der Waals surface area contributed by atoms with Gasteiger partial charge in [-0.15, -0.1) is 0 Å². The maximum Gasteiger partial charge on any atom is 0.289 e. The fourth-order valence-corrected chi connectivity index (χ4v) is 4.47. The molecule has 8 heteroatoms. The maximum atomic E-state index is 13.1. The fourth-order valence-electron chi connectivity index (χ4n) is 4.47. The van der Waals surface area contributed by atoms with Crippen LogP contribution in [0.15, 0.2) is 0 Å². The van der Waals surface area contributed by atoms with E-state index in [2.05, 4.69) is 15.5 Å². The lowest BCUT2D eigenvalue weighted by molar-refractivity contribution is -0.144. The highest BCUT2D eigenvalue weighted by Gasteiger charge is 2.39. The molecule has 1 unspecified atom stereocenters. The van der Waals surface area contributed by atoms with Gasteiger partial charge in [0, 0.05) is 12.6 Å². The van der Waals surface area contributed by atoms with Gasteiger partial charge in [0.2, 0.25) is 17.6 Å². The standard InChI is InChI=1S/C22H36N4O4/c1-3-8-17(19(27)21(29)23-16-10-11-16)24-20(28)18-9-7-14-26(18)22(30)15(2)25-12-5-4-6-13-25/h15-18H,3-14H2,1-2H3,(H,23,29)(H,24,28)/t15?,17-,18+/m1/s1. The first-order valence-electron chi connectivity index (χ1n) is 11.6. The summed E-state index contributed by atoms with van der Waals surface area (Å²) in [6.07, 6.45) is 7.65. The van der Waals surface area contributed by atoms with Crippen molar-refractivity contribution in [3.63, 3.8) is 0 Å². The molecule has 3 rings (SSSR count). The molecule has 3 atom stereocenters. The van der Waals surface area contributed by atoms with Gasteiger partial charge in [-0.2, -0.15) is 0 Å². The van der Waals surface area contributed by atoms with Crippen molar-refractivity contribution in [2.75, 3.05) is 19.6 Å². The lowest BCUT2D eigenvalue weighted by Crippen LogP contribution is -2.56. The molecule has 0 aromatic heterocycles. The minimum atomic E-state index is -0.835. The van der Waals surface area contributed by atoms with E-state index in [1.54, 1.807) is 4.90 Å². The van der Waals surface area contributed by atoms with Crippen molar-refractivity contribution in [3.8, 4) is 0 Å². The van der Waals surface area contributed by atoms with Crippen molar-refractivity contribution >= 4 is 23.5 Å². The van der Waals surface area contributed by atoms with Gasteiger partial charge < -0.3 is 15.5 Å². The van der Waals surface area contributed by atoms with Gasteiger partial charge in [0.15, 0.2) is 0 Å². The number of hydrogen-bond acceptors (Lipinski definition) is 5. The summed E-state index contributed by atoms with van der Waals surface area (Å²) < 4.78 is 0. The van der Waals surface area contributed by atoms with Gasteiger partial charge in [-0.3, -0.25) is 24.1 Å². The van der Waals surface area contributed by atoms with Crippen LogP contribution in [0.25, 0.3) is 0 Å². The number of piperidine rings is 1. The predicted octanol–water partition coefficient (Wildman–Crippen LogP) is 0.984. The van der Waals surface area contributed by atoms with E-state index < -0.39 is 23.8 Å². The Bertz CT molecular complexity index is 658. The molecular formula is C22H36N4O4. The quantitative estimate of drug-likeness (QED) is 0.542. The topological polar surface area (TPSA) is 98.8 Å². The summed E-state index contributed by atoms with van der Waals surface area (Å²) in [6, 6.07) is -1.54. The lowest BCUT2D eigenvalue weighted by atomic mass is 10.0. The van der Waals surface area contributed by atoms with E-state index >= 15 is 0 Å². The molecule has 3 amide bonds. The number of amides is 3. The van der Waals surface area contributed by atoms with Gasteiger partial charge in [0.05, 0.1) is 12.1 Å². The third-order valence-corrected chi connectivity index (χ3v) is 6.48. The summed E-state index contributed by atoms with van der Waals surface area (Å²) in [5, 5.41) is 5.48. The molecule has 0 aromatic rings. The molecule has 0 bridgehead atoms. The molecule has 1 saturated carbocycles. The molecule has 3 fully saturated rings. The molecule has 8 nitrogen and oxygen atoms in total. The zero-order valence-corrected chi connectivity index (χ0v) is 18.3. The van der Waals surface area contributed by atoms with E-state index in [4.69, 9.17) is 0 Å². The first-order chi connectivity index (χ1) is 14.4. The van der Waals surface area contributed by atoms with Crippen molar-refractivity contribution in [1.29, 1.82) is 0 Å². The SMILES string of the molecule is CCC[C@@H](NC(=O)[C@@H]1CCCN1C(=O)C(C)N1CCCCC1)C(=O)C(=O)NC1CC1. The molecule has 3 aliphatic rings. The summed E-state index contributed by atoms with van der Waals surface area (Å²) in [4.78, 5) is 54.7. The van der Waals surface area contributed by atoms with Crippen molar-refractivity contribution in [2.24, 2.45) is 0 Å². The number of likely N-dealkylation sites (tertiary alicyclic amines) is 2. The van der Waals surface area contributed by atoms with Gasteiger partial charge in [0.25, 0.3) is 5.91 Å². The van der Waals surface area contributed by atoms with E-state index in [-0.39, 0.29) is 23.9 Å². The highest BCUT2D eigenvalue weighted by molar-refractivity contribution is 6.38. The zero-order valence-electron chi connectivity index (χ0n) is 18.3. The Morgan fingerprint density at radius 3 is 2.30 bits per heavy atom. The average Bonchev–Trinajstić information content (AvgIpc) is 3.43. The molecule has 1 aliphatic carbocycles. The van der Waals surface area contributed by atoms with E-state index in [1.807, 2.05) is 13.8 Å². The van der Waals surface area contributed by atoms with E-state index in [0.29, 0.717) is 25.8 Å². The molecule has 0 spiro atoms. The number of rotatable bonds is 9. The third kappa shape index (κ3) is 5.59. The van der Waals surface area contributed by atoms with Gasteiger partial charge in [-0.25, -0.2) is 0 Å². The molecule has 2 heterocycles. The first kappa shape index (κ1) is 22.7. The summed E-state index contributed by atoms with van der Waals surface area (Å²) in [7, 11) is 0. The Hall–Kier alpha value is -1.96. The van der Waals surface area contributed by atoms with Crippen molar-refractivity contribution in [3.05, 3.63) is 0 Å². The molecule has 30 heavy (non-hydrogen) atoms. The Kier molecular flexibility index (Phi) is 7.86. The number of carbonyl (C=O) groups excluding carboxylic acids is 4. The smallest absolute Gasteiger partial charge is 0.289 e. The van der Waals surface area contributed by atoms with Gasteiger partial charge in [0.1, 0.15) is 6.04 Å². The second-order valence-electron chi connectivity index (χ2n) is 8.92. The summed E-state index contributed by atoms with van der Waals surface area (Å²) in [5.74, 6) is -1.54. The highest BCUT2D eigenvalue weighted by atomic mass is 16.2. The molecule has 168 valence electrons. The normalized spacial score (nSPS) is 24.2. The monoisotopic (exact) mass is 420 g/mol. The second kappa shape index (κ2) is 10.4. The van der Waals surface area contributed by atoms with Crippen LogP contribution in [0, 0.1) is 0 Å². The molecule has 0 radical (unpaired) electrons. The number of ketones is 1. The minimum absolute atomic E-state index is 0.0144. The molecule has 0 aromatic carbocycles. The summed E-state index contributed by atoms with van der Waals surface area (Å²) >= 11 is 0. The Morgan fingerprint density at radius 1 is 0.967 bits per heavy atom. The Balaban J connectivity index is 1.60. The zero-order chi connectivity index (χ0) is 21.7. The number of nitrogens with zero attached hydrogens (tertiary/aromatic N) is 2. The third-order valence-electron chi connectivity index (χ3n) is 6.48. The van der Waals surface area contributed by atoms with Crippen LogP contribution in [0.2, 0.25) is 0 Å². The van der Waals surface area contributed by atoms with Crippen LogP contribution in [-0.4, -0.2) is 77.1 Å². The van der Waals surface area contributed by atoms with Crippen molar-refractivity contribution < 1.29 is 19.2 Å². The van der Waals surface area contributed by atoms with E-state index in [1.165, 1.54) is 6.42 Å². The van der Waals surface area contributed by atoms with E-state index in [0.717, 1.165) is 45.2 Å². The van der Waals surface area contributed by atoms with Gasteiger partial charge >= 0.3 is 0 Å². The minimum Gasteiger partial charge on any atom is -0.347 e. The van der Waals surface area contributed by atoms with Crippen LogP contribution in [0.5, 0.6) is 0 Å². The molecule has 2 N–H and O–H groups in total. The van der Waals surface area contributed by atoms with Crippen LogP contribution in [0.4, 0.5) is 0 Å². The largest absolute Gasteiger partial charge is 0.347 e. The summed E-state index contributed by atoms with van der Waals surface area (Å²) in [5.41, 5.74) is 0. The lowest BCUT2D eigenvalue weighted by Gasteiger charge is -2.35. The molecule has 2 saturated heterocycles. The molecule has 2 aliphatic heterocycles. The summed E-state index contributed by atoms with van der Waals surface area (Å²) in [6.45, 7) is 6.23. The Labute approximate surface area is 179 Å². The van der Waals surface area contributed by atoms with Crippen LogP contribution in [-0.2, 0) is 19.2 Å². The maximum absolute atomic E-state index is 13.1. The van der Waals surface area contributed by atoms with Crippen LogP contribution in [0.1, 0.15) is 71.6 Å². The van der Waals surface area contributed by atoms with Crippen molar-refractivity contribution in [2.45, 2.75) is 95.8 Å². The number of carbonyl (C=O) groups is 4. The predicted molar refractivity (Wildman–Crippen MR) is 113 cm³/mol. The van der Waals surface area contributed by atoms with Crippen LogP contribution < -0.4 is 10.6 Å². The van der Waals surface area contributed by atoms with Gasteiger partial charge in [-0.1, -0.05) is 19.8 Å². The fraction of sp³-hybridized carbons (Fsp3) is 0.818. The Morgan fingerprint density at radius 2 is 1.67 bits per heavy atom. The van der Waals surface area contributed by atoms with Crippen LogP contribution in [0.3, 0.4) is 0 Å². The van der Waals surface area contributed by atoms with E-state index in [9.17, 15) is 19.2 Å². The number of Topliss-reactive ketones (excluding diaryl/α,β-unsaturated/α-hetero) is 1. The number of nitrogens with one attached hydrogen (secondary N) is 2. The van der Waals surface area contributed by atoms with Gasteiger partial charge in [-0.05, 0) is 65.0 Å². The van der Waals surface area contributed by atoms with Crippen LogP contribution >= 0.6 is 0 Å². The average molecular weight is 421 g/mol. The first-order valence-corrected chi connectivity index (χ1v) is 11.6. The second-order valence-corrected chi connectivity index (χ2v) is 8.92.